The van der Waals surface area contributed by atoms with Crippen molar-refractivity contribution >= 4 is 32.5 Å². The topological polar surface area (TPSA) is 56.8 Å². The normalized spacial score (nSPS) is 19.6. The zero-order valence-corrected chi connectivity index (χ0v) is 17.1. The lowest BCUT2D eigenvalue weighted by atomic mass is 10.0. The highest BCUT2D eigenvalue weighted by Gasteiger charge is 2.31. The zero-order valence-electron chi connectivity index (χ0n) is 16.3. The van der Waals surface area contributed by atoms with E-state index in [1.54, 1.807) is 30.6 Å². The van der Waals surface area contributed by atoms with E-state index in [4.69, 9.17) is 14.1 Å². The first-order valence-corrected chi connectivity index (χ1v) is 10.8. The highest BCUT2D eigenvalue weighted by molar-refractivity contribution is 7.18. The molecule has 1 fully saturated rings. The van der Waals surface area contributed by atoms with Crippen LogP contribution in [0.15, 0.2) is 57.7 Å². The summed E-state index contributed by atoms with van der Waals surface area (Å²) < 4.78 is 12.0. The molecule has 4 aromatic rings. The standard InChI is InChI=1S/C23H22N2O3S/c1-27-16-9-10-17-15(12-22(26)28-20(17)13-16)14-25-11-5-4-7-19(25)23-24-18-6-2-3-8-21(18)29-23/h2-3,6,8-10,12-13,19H,4-5,7,11,14H2,1H3/p+1/t19-/m0/s1. The van der Waals surface area contributed by atoms with E-state index in [2.05, 4.69) is 18.2 Å². The number of thiazole rings is 1. The molecular weight excluding hydrogens is 384 g/mol. The number of aromatic nitrogens is 1. The maximum absolute atomic E-state index is 12.2. The third-order valence-corrected chi connectivity index (χ3v) is 6.95. The maximum atomic E-state index is 12.2. The Labute approximate surface area is 172 Å². The van der Waals surface area contributed by atoms with Crippen molar-refractivity contribution in [3.05, 3.63) is 69.5 Å². The summed E-state index contributed by atoms with van der Waals surface area (Å²) in [6.45, 7) is 1.87. The van der Waals surface area contributed by atoms with E-state index in [0.717, 1.165) is 36.0 Å². The average molecular weight is 408 g/mol. The van der Waals surface area contributed by atoms with E-state index in [1.165, 1.54) is 27.4 Å². The second kappa shape index (κ2) is 7.61. The molecule has 1 aliphatic heterocycles. The van der Waals surface area contributed by atoms with Crippen molar-refractivity contribution in [2.45, 2.75) is 31.8 Å². The summed E-state index contributed by atoms with van der Waals surface area (Å²) in [5, 5.41) is 2.18. The highest BCUT2D eigenvalue weighted by atomic mass is 32.1. The third kappa shape index (κ3) is 3.54. The van der Waals surface area contributed by atoms with Crippen molar-refractivity contribution in [2.75, 3.05) is 13.7 Å². The van der Waals surface area contributed by atoms with Crippen LogP contribution in [0.2, 0.25) is 0 Å². The predicted octanol–water partition coefficient (Wildman–Crippen LogP) is 3.72. The molecule has 148 valence electrons. The molecule has 2 aromatic heterocycles. The van der Waals surface area contributed by atoms with Gasteiger partial charge in [0, 0.05) is 29.5 Å². The molecule has 6 heteroatoms. The van der Waals surface area contributed by atoms with Crippen molar-refractivity contribution in [3.63, 3.8) is 0 Å². The van der Waals surface area contributed by atoms with Crippen LogP contribution in [0.4, 0.5) is 0 Å². The zero-order chi connectivity index (χ0) is 19.8. The number of ether oxygens (including phenoxy) is 1. The Kier molecular flexibility index (Phi) is 4.81. The molecule has 3 heterocycles. The van der Waals surface area contributed by atoms with Crippen molar-refractivity contribution in [3.8, 4) is 5.75 Å². The molecule has 0 bridgehead atoms. The molecule has 0 saturated carbocycles. The van der Waals surface area contributed by atoms with Gasteiger partial charge in [-0.2, -0.15) is 0 Å². The van der Waals surface area contributed by atoms with E-state index in [1.807, 2.05) is 18.2 Å². The van der Waals surface area contributed by atoms with Crippen molar-refractivity contribution in [1.29, 1.82) is 0 Å². The Morgan fingerprint density at radius 2 is 2.10 bits per heavy atom. The van der Waals surface area contributed by atoms with Crippen LogP contribution in [0, 0.1) is 0 Å². The number of para-hydroxylation sites is 1. The summed E-state index contributed by atoms with van der Waals surface area (Å²) in [4.78, 5) is 18.6. The van der Waals surface area contributed by atoms with Gasteiger partial charge in [-0.1, -0.05) is 12.1 Å². The van der Waals surface area contributed by atoms with Crippen LogP contribution in [0.25, 0.3) is 21.2 Å². The quantitative estimate of drug-likeness (QED) is 0.524. The Balaban J connectivity index is 1.51. The second-order valence-corrected chi connectivity index (χ2v) is 8.67. The van der Waals surface area contributed by atoms with Gasteiger partial charge in [0.05, 0.1) is 23.9 Å². The smallest absolute Gasteiger partial charge is 0.336 e. The monoisotopic (exact) mass is 407 g/mol. The van der Waals surface area contributed by atoms with Crippen molar-refractivity contribution in [2.24, 2.45) is 0 Å². The molecule has 2 aromatic carbocycles. The number of fused-ring (bicyclic) bond motifs is 2. The van der Waals surface area contributed by atoms with Crippen LogP contribution >= 0.6 is 11.3 Å². The molecule has 29 heavy (non-hydrogen) atoms. The molecule has 0 aliphatic carbocycles. The summed E-state index contributed by atoms with van der Waals surface area (Å²) >= 11 is 1.80. The fourth-order valence-corrected chi connectivity index (χ4v) is 5.52. The Morgan fingerprint density at radius 3 is 2.97 bits per heavy atom. The number of piperidine rings is 1. The molecule has 5 nitrogen and oxygen atoms in total. The van der Waals surface area contributed by atoms with Gasteiger partial charge in [0.1, 0.15) is 23.9 Å². The van der Waals surface area contributed by atoms with Gasteiger partial charge < -0.3 is 14.1 Å². The molecule has 0 amide bonds. The minimum absolute atomic E-state index is 0.311. The lowest BCUT2D eigenvalue weighted by molar-refractivity contribution is -0.950. The SMILES string of the molecule is COc1ccc2c(C[NH+]3CCCC[C@H]3c3nc4ccccc4s3)cc(=O)oc2c1. The molecule has 0 radical (unpaired) electrons. The van der Waals surface area contributed by atoms with Gasteiger partial charge in [0.15, 0.2) is 5.01 Å². The first-order chi connectivity index (χ1) is 14.2. The summed E-state index contributed by atoms with van der Waals surface area (Å²) in [6, 6.07) is 16.0. The minimum atomic E-state index is -0.311. The third-order valence-electron chi connectivity index (χ3n) is 5.80. The van der Waals surface area contributed by atoms with Crippen LogP contribution in [0.5, 0.6) is 5.75 Å². The van der Waals surface area contributed by atoms with E-state index >= 15 is 0 Å². The number of hydrogen-bond donors (Lipinski definition) is 1. The van der Waals surface area contributed by atoms with Gasteiger partial charge in [0.25, 0.3) is 0 Å². The molecule has 1 saturated heterocycles. The van der Waals surface area contributed by atoms with E-state index in [0.29, 0.717) is 17.4 Å². The summed E-state index contributed by atoms with van der Waals surface area (Å²) in [5.74, 6) is 0.690. The molecular formula is C23H23N2O3S+. The van der Waals surface area contributed by atoms with Crippen LogP contribution < -0.4 is 15.3 Å². The lowest BCUT2D eigenvalue weighted by Gasteiger charge is -2.31. The number of rotatable bonds is 4. The average Bonchev–Trinajstić information content (AvgIpc) is 3.17. The van der Waals surface area contributed by atoms with Gasteiger partial charge >= 0.3 is 5.63 Å². The van der Waals surface area contributed by atoms with Crippen LogP contribution in [0.3, 0.4) is 0 Å². The molecule has 1 N–H and O–H groups in total. The van der Waals surface area contributed by atoms with Gasteiger partial charge in [-0.25, -0.2) is 9.78 Å². The van der Waals surface area contributed by atoms with E-state index in [-0.39, 0.29) is 5.63 Å². The number of hydrogen-bond acceptors (Lipinski definition) is 5. The fraction of sp³-hybridized carbons (Fsp3) is 0.304. The van der Waals surface area contributed by atoms with Gasteiger partial charge in [-0.15, -0.1) is 11.3 Å². The van der Waals surface area contributed by atoms with Crippen molar-refractivity contribution < 1.29 is 14.1 Å². The first-order valence-electron chi connectivity index (χ1n) is 10.0. The second-order valence-electron chi connectivity index (χ2n) is 7.61. The fourth-order valence-electron chi connectivity index (χ4n) is 4.36. The Hall–Kier alpha value is -2.70. The molecule has 0 spiro atoms. The van der Waals surface area contributed by atoms with Crippen LogP contribution in [0.1, 0.15) is 35.9 Å². The summed E-state index contributed by atoms with van der Waals surface area (Å²) in [7, 11) is 1.61. The van der Waals surface area contributed by atoms with Gasteiger partial charge in [0.2, 0.25) is 0 Å². The number of methoxy groups -OCH3 is 1. The Bertz CT molecular complexity index is 1200. The number of nitrogens with one attached hydrogen (secondary N) is 1. The molecule has 1 unspecified atom stereocenters. The lowest BCUT2D eigenvalue weighted by Crippen LogP contribution is -3.11. The maximum Gasteiger partial charge on any atom is 0.336 e. The summed E-state index contributed by atoms with van der Waals surface area (Å²) in [5.41, 5.74) is 2.38. The molecule has 1 aliphatic rings. The largest absolute Gasteiger partial charge is 0.497 e. The number of benzene rings is 2. The van der Waals surface area contributed by atoms with E-state index < -0.39 is 0 Å². The molecule has 2 atom stereocenters. The summed E-state index contributed by atoms with van der Waals surface area (Å²) in [6.07, 6.45) is 3.55. The number of nitrogens with zero attached hydrogens (tertiary/aromatic N) is 1. The minimum Gasteiger partial charge on any atom is -0.497 e. The van der Waals surface area contributed by atoms with Crippen molar-refractivity contribution in [1.82, 2.24) is 4.98 Å². The Morgan fingerprint density at radius 1 is 1.21 bits per heavy atom. The van der Waals surface area contributed by atoms with Crippen LogP contribution in [-0.4, -0.2) is 18.6 Å². The van der Waals surface area contributed by atoms with Gasteiger partial charge in [-0.05, 0) is 37.1 Å². The molecule has 5 rings (SSSR count). The highest BCUT2D eigenvalue weighted by Crippen LogP contribution is 2.29. The van der Waals surface area contributed by atoms with Crippen LogP contribution in [-0.2, 0) is 6.54 Å². The van der Waals surface area contributed by atoms with Gasteiger partial charge in [-0.3, -0.25) is 0 Å². The van der Waals surface area contributed by atoms with E-state index in [9.17, 15) is 4.79 Å². The number of likely N-dealkylation sites (tertiary alicyclic amines) is 1. The predicted molar refractivity (Wildman–Crippen MR) is 115 cm³/mol. The number of quaternary nitrogens is 1. The first kappa shape index (κ1) is 18.3.